The Kier molecular flexibility index (Phi) is 4.47. The van der Waals surface area contributed by atoms with Crippen LogP contribution in [-0.4, -0.2) is 26.7 Å². The lowest BCUT2D eigenvalue weighted by atomic mass is 10.0. The molecule has 6 heteroatoms. The smallest absolute Gasteiger partial charge is 0.224 e. The van der Waals surface area contributed by atoms with Crippen molar-refractivity contribution in [3.63, 3.8) is 0 Å². The van der Waals surface area contributed by atoms with E-state index >= 15 is 0 Å². The number of carbonyl (C=O) groups excluding carboxylic acids is 1. The summed E-state index contributed by atoms with van der Waals surface area (Å²) in [7, 11) is 0. The molecule has 0 saturated heterocycles. The Morgan fingerprint density at radius 2 is 2.25 bits per heavy atom. The topological polar surface area (TPSA) is 85.8 Å². The molecule has 0 bridgehead atoms. The largest absolute Gasteiger partial charge is 0.352 e. The summed E-state index contributed by atoms with van der Waals surface area (Å²) in [5.74, 6) is 0.474. The van der Waals surface area contributed by atoms with Gasteiger partial charge in [-0.05, 0) is 30.7 Å². The van der Waals surface area contributed by atoms with Crippen molar-refractivity contribution in [2.45, 2.75) is 26.4 Å². The minimum absolute atomic E-state index is 0.0440. The SMILES string of the molecule is CC(N)C(C)C(=O)NCc1ccnc(-n2cccn2)c1. The van der Waals surface area contributed by atoms with Crippen molar-refractivity contribution in [2.75, 3.05) is 0 Å². The van der Waals surface area contributed by atoms with Crippen LogP contribution in [0.3, 0.4) is 0 Å². The lowest BCUT2D eigenvalue weighted by Crippen LogP contribution is -2.38. The standard InChI is InChI=1S/C14H19N5O/c1-10(11(2)15)14(20)17-9-12-4-6-16-13(8-12)19-7-3-5-18-19/h3-8,10-11H,9,15H2,1-2H3,(H,17,20). The van der Waals surface area contributed by atoms with Gasteiger partial charge in [-0.2, -0.15) is 5.10 Å². The highest BCUT2D eigenvalue weighted by Crippen LogP contribution is 2.07. The van der Waals surface area contributed by atoms with Crippen LogP contribution in [0.5, 0.6) is 0 Å². The fourth-order valence-electron chi connectivity index (χ4n) is 1.69. The van der Waals surface area contributed by atoms with E-state index in [1.54, 1.807) is 17.1 Å². The molecule has 0 saturated carbocycles. The Morgan fingerprint density at radius 3 is 2.90 bits per heavy atom. The van der Waals surface area contributed by atoms with Gasteiger partial charge in [0.05, 0.1) is 0 Å². The monoisotopic (exact) mass is 273 g/mol. The minimum atomic E-state index is -0.206. The molecule has 0 spiro atoms. The fourth-order valence-corrected chi connectivity index (χ4v) is 1.69. The molecule has 3 N–H and O–H groups in total. The number of aromatic nitrogens is 3. The molecule has 20 heavy (non-hydrogen) atoms. The van der Waals surface area contributed by atoms with Gasteiger partial charge in [0.25, 0.3) is 0 Å². The molecular formula is C14H19N5O. The molecule has 6 nitrogen and oxygen atoms in total. The summed E-state index contributed by atoms with van der Waals surface area (Å²) in [6.45, 7) is 4.10. The van der Waals surface area contributed by atoms with E-state index in [0.29, 0.717) is 6.54 Å². The zero-order valence-corrected chi connectivity index (χ0v) is 11.7. The molecule has 0 radical (unpaired) electrons. The number of hydrogen-bond acceptors (Lipinski definition) is 4. The van der Waals surface area contributed by atoms with Crippen molar-refractivity contribution >= 4 is 5.91 Å². The third-order valence-corrected chi connectivity index (χ3v) is 3.22. The zero-order chi connectivity index (χ0) is 14.5. The Bertz CT molecular complexity index is 565. The van der Waals surface area contributed by atoms with Gasteiger partial charge in [0.15, 0.2) is 5.82 Å². The van der Waals surface area contributed by atoms with Gasteiger partial charge in [0, 0.05) is 37.1 Å². The van der Waals surface area contributed by atoms with Crippen molar-refractivity contribution in [1.82, 2.24) is 20.1 Å². The number of pyridine rings is 1. The summed E-state index contributed by atoms with van der Waals surface area (Å²) < 4.78 is 1.68. The van der Waals surface area contributed by atoms with Crippen LogP contribution in [0.25, 0.3) is 5.82 Å². The first-order chi connectivity index (χ1) is 9.58. The van der Waals surface area contributed by atoms with E-state index in [2.05, 4.69) is 15.4 Å². The Morgan fingerprint density at radius 1 is 1.45 bits per heavy atom. The van der Waals surface area contributed by atoms with E-state index in [0.717, 1.165) is 11.4 Å². The van der Waals surface area contributed by atoms with Gasteiger partial charge in [0.2, 0.25) is 5.91 Å². The van der Waals surface area contributed by atoms with Gasteiger partial charge in [-0.1, -0.05) is 6.92 Å². The van der Waals surface area contributed by atoms with E-state index < -0.39 is 0 Å². The molecule has 2 rings (SSSR count). The van der Waals surface area contributed by atoms with Crippen LogP contribution in [0, 0.1) is 5.92 Å². The second-order valence-electron chi connectivity index (χ2n) is 4.84. The van der Waals surface area contributed by atoms with Gasteiger partial charge in [0.1, 0.15) is 0 Å². The van der Waals surface area contributed by atoms with E-state index in [9.17, 15) is 4.79 Å². The maximum Gasteiger partial charge on any atom is 0.224 e. The van der Waals surface area contributed by atoms with Crippen molar-refractivity contribution in [2.24, 2.45) is 11.7 Å². The molecule has 2 aromatic rings. The number of nitrogens with one attached hydrogen (secondary N) is 1. The average Bonchev–Trinajstić information content (AvgIpc) is 2.98. The summed E-state index contributed by atoms with van der Waals surface area (Å²) >= 11 is 0. The first kappa shape index (κ1) is 14.2. The van der Waals surface area contributed by atoms with E-state index in [1.165, 1.54) is 0 Å². The number of amides is 1. The second-order valence-corrected chi connectivity index (χ2v) is 4.84. The van der Waals surface area contributed by atoms with Gasteiger partial charge >= 0.3 is 0 Å². The summed E-state index contributed by atoms with van der Waals surface area (Å²) in [5, 5.41) is 7.00. The second kappa shape index (κ2) is 6.29. The van der Waals surface area contributed by atoms with Gasteiger partial charge in [-0.15, -0.1) is 0 Å². The molecule has 2 unspecified atom stereocenters. The van der Waals surface area contributed by atoms with Crippen LogP contribution in [0.4, 0.5) is 0 Å². The molecule has 106 valence electrons. The Hall–Kier alpha value is -2.21. The minimum Gasteiger partial charge on any atom is -0.352 e. The molecule has 2 aromatic heterocycles. The first-order valence-corrected chi connectivity index (χ1v) is 6.56. The van der Waals surface area contributed by atoms with Crippen molar-refractivity contribution in [1.29, 1.82) is 0 Å². The first-order valence-electron chi connectivity index (χ1n) is 6.56. The zero-order valence-electron chi connectivity index (χ0n) is 11.7. The highest BCUT2D eigenvalue weighted by Gasteiger charge is 2.16. The third-order valence-electron chi connectivity index (χ3n) is 3.22. The third kappa shape index (κ3) is 3.42. The number of rotatable bonds is 5. The van der Waals surface area contributed by atoms with Crippen LogP contribution < -0.4 is 11.1 Å². The highest BCUT2D eigenvalue weighted by molar-refractivity contribution is 5.78. The molecule has 0 aliphatic heterocycles. The van der Waals surface area contributed by atoms with E-state index in [1.807, 2.05) is 38.2 Å². The number of hydrogen-bond donors (Lipinski definition) is 2. The maximum atomic E-state index is 11.8. The molecule has 0 fully saturated rings. The molecule has 1 amide bonds. The van der Waals surface area contributed by atoms with Gasteiger partial charge in [-0.25, -0.2) is 9.67 Å². The van der Waals surface area contributed by atoms with Crippen molar-refractivity contribution < 1.29 is 4.79 Å². The predicted molar refractivity (Wildman–Crippen MR) is 76.0 cm³/mol. The normalized spacial score (nSPS) is 13.8. The molecule has 2 heterocycles. The molecule has 0 aliphatic carbocycles. The van der Waals surface area contributed by atoms with Crippen molar-refractivity contribution in [3.8, 4) is 5.82 Å². The van der Waals surface area contributed by atoms with Gasteiger partial charge < -0.3 is 11.1 Å². The molecule has 0 aliphatic rings. The molecule has 0 aromatic carbocycles. The van der Waals surface area contributed by atoms with Crippen LogP contribution in [0.15, 0.2) is 36.8 Å². The van der Waals surface area contributed by atoms with Crippen molar-refractivity contribution in [3.05, 3.63) is 42.4 Å². The predicted octanol–water partition coefficient (Wildman–Crippen LogP) is 0.867. The van der Waals surface area contributed by atoms with Crippen LogP contribution >= 0.6 is 0 Å². The Balaban J connectivity index is 2.01. The van der Waals surface area contributed by atoms with E-state index in [4.69, 9.17) is 5.73 Å². The molecular weight excluding hydrogens is 254 g/mol. The summed E-state index contributed by atoms with van der Waals surface area (Å²) in [4.78, 5) is 16.1. The summed E-state index contributed by atoms with van der Waals surface area (Å²) in [6.07, 6.45) is 5.22. The maximum absolute atomic E-state index is 11.8. The summed E-state index contributed by atoms with van der Waals surface area (Å²) in [5.41, 5.74) is 6.68. The average molecular weight is 273 g/mol. The van der Waals surface area contributed by atoms with Crippen LogP contribution in [-0.2, 0) is 11.3 Å². The lowest BCUT2D eigenvalue weighted by Gasteiger charge is -2.15. The number of carbonyl (C=O) groups is 1. The number of nitrogens with two attached hydrogens (primary N) is 1. The fraction of sp³-hybridized carbons (Fsp3) is 0.357. The molecule has 2 atom stereocenters. The van der Waals surface area contributed by atoms with Crippen LogP contribution in [0.1, 0.15) is 19.4 Å². The van der Waals surface area contributed by atoms with E-state index in [-0.39, 0.29) is 17.9 Å². The quantitative estimate of drug-likeness (QED) is 0.846. The van der Waals surface area contributed by atoms with Gasteiger partial charge in [-0.3, -0.25) is 4.79 Å². The highest BCUT2D eigenvalue weighted by atomic mass is 16.1. The number of nitrogens with zero attached hydrogens (tertiary/aromatic N) is 3. The van der Waals surface area contributed by atoms with Crippen LogP contribution in [0.2, 0.25) is 0 Å². The summed E-state index contributed by atoms with van der Waals surface area (Å²) in [6, 6.07) is 5.43. The lowest BCUT2D eigenvalue weighted by molar-refractivity contribution is -0.125. The Labute approximate surface area is 118 Å².